The molecule has 0 fully saturated rings. The molecule has 1 amide bonds. The number of aryl methyl sites for hydroxylation is 1. The van der Waals surface area contributed by atoms with E-state index < -0.39 is 11.2 Å². The molecule has 1 aromatic heterocycles. The number of rotatable bonds is 6. The maximum absolute atomic E-state index is 12.5. The number of ether oxygens (including phenoxy) is 1. The van der Waals surface area contributed by atoms with Gasteiger partial charge in [-0.05, 0) is 55.8 Å². The van der Waals surface area contributed by atoms with Crippen molar-refractivity contribution in [2.75, 3.05) is 12.4 Å². The number of nitrogens with one attached hydrogen (secondary N) is 1. The Morgan fingerprint density at radius 2 is 1.89 bits per heavy atom. The van der Waals surface area contributed by atoms with Crippen molar-refractivity contribution in [2.24, 2.45) is 0 Å². The van der Waals surface area contributed by atoms with Gasteiger partial charge in [-0.3, -0.25) is 4.79 Å². The van der Waals surface area contributed by atoms with Gasteiger partial charge < -0.3 is 15.2 Å². The number of carbonyl (C=O) groups excluding carboxylic acids is 1. The number of para-hydroxylation sites is 1. The van der Waals surface area contributed by atoms with Crippen LogP contribution in [0.5, 0.6) is 5.75 Å². The molecular formula is C21H20N2O4S. The summed E-state index contributed by atoms with van der Waals surface area (Å²) in [6.07, 6.45) is 0. The van der Waals surface area contributed by atoms with Gasteiger partial charge >= 0.3 is 5.97 Å². The minimum absolute atomic E-state index is 0.171. The van der Waals surface area contributed by atoms with Crippen molar-refractivity contribution in [3.63, 3.8) is 0 Å². The number of amides is 1. The molecule has 1 heterocycles. The SMILES string of the molecule is COc1cccc2c(C)cc(SC(C)C(=O)Nc3ccc(C(=O)O)cc3)nc12. The molecular weight excluding hydrogens is 376 g/mol. The lowest BCUT2D eigenvalue weighted by Gasteiger charge is -2.14. The van der Waals surface area contributed by atoms with Gasteiger partial charge in [0.05, 0.1) is 22.9 Å². The number of hydrogen-bond donors (Lipinski definition) is 2. The number of carbonyl (C=O) groups is 2. The van der Waals surface area contributed by atoms with E-state index in [-0.39, 0.29) is 11.5 Å². The second kappa shape index (κ2) is 8.31. The fourth-order valence-electron chi connectivity index (χ4n) is 2.76. The molecule has 3 aromatic rings. The van der Waals surface area contributed by atoms with Gasteiger partial charge in [-0.25, -0.2) is 9.78 Å². The van der Waals surface area contributed by atoms with Crippen LogP contribution in [0.3, 0.4) is 0 Å². The van der Waals surface area contributed by atoms with Crippen LogP contribution in [0.15, 0.2) is 53.6 Å². The molecule has 0 radical (unpaired) electrons. The normalized spacial score (nSPS) is 11.8. The van der Waals surface area contributed by atoms with Gasteiger partial charge in [0.15, 0.2) is 0 Å². The van der Waals surface area contributed by atoms with E-state index in [0.717, 1.165) is 21.5 Å². The lowest BCUT2D eigenvalue weighted by atomic mass is 10.1. The summed E-state index contributed by atoms with van der Waals surface area (Å²) in [5, 5.41) is 13.1. The lowest BCUT2D eigenvalue weighted by molar-refractivity contribution is -0.115. The van der Waals surface area contributed by atoms with Gasteiger partial charge in [0.25, 0.3) is 0 Å². The monoisotopic (exact) mass is 396 g/mol. The molecule has 0 aliphatic rings. The number of carboxylic acids is 1. The van der Waals surface area contributed by atoms with Crippen LogP contribution in [0.2, 0.25) is 0 Å². The number of nitrogens with zero attached hydrogens (tertiary/aromatic N) is 1. The van der Waals surface area contributed by atoms with E-state index >= 15 is 0 Å². The molecule has 144 valence electrons. The zero-order valence-electron chi connectivity index (χ0n) is 15.7. The molecule has 2 aromatic carbocycles. The third-order valence-corrected chi connectivity index (χ3v) is 5.29. The Bertz CT molecular complexity index is 1030. The van der Waals surface area contributed by atoms with E-state index in [1.54, 1.807) is 26.2 Å². The minimum Gasteiger partial charge on any atom is -0.494 e. The van der Waals surface area contributed by atoms with Crippen molar-refractivity contribution in [1.82, 2.24) is 4.98 Å². The molecule has 28 heavy (non-hydrogen) atoms. The van der Waals surface area contributed by atoms with Crippen molar-refractivity contribution >= 4 is 40.2 Å². The zero-order chi connectivity index (χ0) is 20.3. The highest BCUT2D eigenvalue weighted by Crippen LogP contribution is 2.31. The number of hydrogen-bond acceptors (Lipinski definition) is 5. The maximum atomic E-state index is 12.5. The Morgan fingerprint density at radius 3 is 2.54 bits per heavy atom. The first-order valence-corrected chi connectivity index (χ1v) is 9.52. The third kappa shape index (κ3) is 4.26. The fourth-order valence-corrected chi connectivity index (χ4v) is 3.68. The van der Waals surface area contributed by atoms with Crippen molar-refractivity contribution in [3.05, 3.63) is 59.7 Å². The van der Waals surface area contributed by atoms with E-state index in [0.29, 0.717) is 11.4 Å². The lowest BCUT2D eigenvalue weighted by Crippen LogP contribution is -2.22. The average Bonchev–Trinajstić information content (AvgIpc) is 2.68. The molecule has 0 aliphatic carbocycles. The van der Waals surface area contributed by atoms with Crippen molar-refractivity contribution in [3.8, 4) is 5.75 Å². The molecule has 0 saturated carbocycles. The van der Waals surface area contributed by atoms with Gasteiger partial charge in [0.1, 0.15) is 11.3 Å². The quantitative estimate of drug-likeness (QED) is 0.602. The number of methoxy groups -OCH3 is 1. The number of thioether (sulfide) groups is 1. The number of pyridine rings is 1. The fraction of sp³-hybridized carbons (Fsp3) is 0.190. The van der Waals surface area contributed by atoms with Gasteiger partial charge in [0, 0.05) is 11.1 Å². The number of aromatic carboxylic acids is 1. The zero-order valence-corrected chi connectivity index (χ0v) is 16.5. The van der Waals surface area contributed by atoms with Gasteiger partial charge in [-0.15, -0.1) is 0 Å². The van der Waals surface area contributed by atoms with Crippen molar-refractivity contribution in [1.29, 1.82) is 0 Å². The topological polar surface area (TPSA) is 88.5 Å². The summed E-state index contributed by atoms with van der Waals surface area (Å²) < 4.78 is 5.40. The smallest absolute Gasteiger partial charge is 0.335 e. The first kappa shape index (κ1) is 19.7. The van der Waals surface area contributed by atoms with Crippen LogP contribution in [0.4, 0.5) is 5.69 Å². The van der Waals surface area contributed by atoms with Crippen LogP contribution in [0.25, 0.3) is 10.9 Å². The summed E-state index contributed by atoms with van der Waals surface area (Å²) in [6, 6.07) is 13.8. The third-order valence-electron chi connectivity index (χ3n) is 4.27. The van der Waals surface area contributed by atoms with E-state index in [1.165, 1.54) is 23.9 Å². The Kier molecular flexibility index (Phi) is 5.84. The molecule has 1 unspecified atom stereocenters. The Morgan fingerprint density at radius 1 is 1.18 bits per heavy atom. The summed E-state index contributed by atoms with van der Waals surface area (Å²) in [6.45, 7) is 3.80. The van der Waals surface area contributed by atoms with Crippen LogP contribution in [0, 0.1) is 6.92 Å². The molecule has 3 rings (SSSR count). The summed E-state index contributed by atoms with van der Waals surface area (Å²) in [4.78, 5) is 28.1. The predicted molar refractivity (Wildman–Crippen MR) is 110 cm³/mol. The molecule has 0 spiro atoms. The van der Waals surface area contributed by atoms with Gasteiger partial charge in [-0.1, -0.05) is 23.9 Å². The number of carboxylic acid groups (broad SMARTS) is 1. The number of anilines is 1. The molecule has 0 bridgehead atoms. The summed E-state index contributed by atoms with van der Waals surface area (Å²) in [7, 11) is 1.61. The Balaban J connectivity index is 1.75. The van der Waals surface area contributed by atoms with Crippen LogP contribution < -0.4 is 10.1 Å². The second-order valence-electron chi connectivity index (χ2n) is 6.27. The predicted octanol–water partition coefficient (Wildman–Crippen LogP) is 4.37. The molecule has 0 aliphatic heterocycles. The maximum Gasteiger partial charge on any atom is 0.335 e. The first-order valence-electron chi connectivity index (χ1n) is 8.64. The molecule has 7 heteroatoms. The largest absolute Gasteiger partial charge is 0.494 e. The van der Waals surface area contributed by atoms with Crippen LogP contribution in [0.1, 0.15) is 22.8 Å². The molecule has 6 nitrogen and oxygen atoms in total. The van der Waals surface area contributed by atoms with Crippen molar-refractivity contribution in [2.45, 2.75) is 24.1 Å². The van der Waals surface area contributed by atoms with E-state index in [1.807, 2.05) is 31.2 Å². The molecule has 2 N–H and O–H groups in total. The highest BCUT2D eigenvalue weighted by Gasteiger charge is 2.17. The second-order valence-corrected chi connectivity index (χ2v) is 7.63. The molecule has 1 atom stereocenters. The van der Waals surface area contributed by atoms with Crippen LogP contribution in [-0.2, 0) is 4.79 Å². The minimum atomic E-state index is -1.00. The first-order chi connectivity index (χ1) is 13.4. The van der Waals surface area contributed by atoms with Gasteiger partial charge in [-0.2, -0.15) is 0 Å². The summed E-state index contributed by atoms with van der Waals surface area (Å²) in [5.41, 5.74) is 2.55. The van der Waals surface area contributed by atoms with E-state index in [9.17, 15) is 9.59 Å². The Hall–Kier alpha value is -3.06. The summed E-state index contributed by atoms with van der Waals surface area (Å²) >= 11 is 1.35. The average molecular weight is 396 g/mol. The van der Waals surface area contributed by atoms with E-state index in [2.05, 4.69) is 10.3 Å². The molecule has 0 saturated heterocycles. The van der Waals surface area contributed by atoms with Gasteiger partial charge in [0.2, 0.25) is 5.91 Å². The highest BCUT2D eigenvalue weighted by molar-refractivity contribution is 8.00. The Labute approximate surface area is 166 Å². The number of aromatic nitrogens is 1. The standard InChI is InChI=1S/C21H20N2O4S/c1-12-11-18(23-19-16(12)5-4-6-17(19)27-3)28-13(2)20(24)22-15-9-7-14(8-10-15)21(25)26/h4-11,13H,1-3H3,(H,22,24)(H,25,26). The van der Waals surface area contributed by atoms with Crippen LogP contribution in [-0.4, -0.2) is 34.3 Å². The number of benzene rings is 2. The summed E-state index contributed by atoms with van der Waals surface area (Å²) in [5.74, 6) is -0.499. The number of fused-ring (bicyclic) bond motifs is 1. The van der Waals surface area contributed by atoms with Crippen molar-refractivity contribution < 1.29 is 19.4 Å². The van der Waals surface area contributed by atoms with Crippen LogP contribution >= 0.6 is 11.8 Å². The van der Waals surface area contributed by atoms with E-state index in [4.69, 9.17) is 9.84 Å². The highest BCUT2D eigenvalue weighted by atomic mass is 32.2.